The van der Waals surface area contributed by atoms with E-state index >= 15 is 0 Å². The van der Waals surface area contributed by atoms with Crippen molar-refractivity contribution in [3.05, 3.63) is 15.6 Å². The average molecular weight is 272 g/mol. The Morgan fingerprint density at radius 3 is 2.83 bits per heavy atom. The van der Waals surface area contributed by atoms with Gasteiger partial charge in [0.25, 0.3) is 0 Å². The van der Waals surface area contributed by atoms with E-state index in [9.17, 15) is 4.79 Å². The van der Waals surface area contributed by atoms with Crippen LogP contribution in [-0.2, 0) is 17.7 Å². The Labute approximate surface area is 111 Å². The molecule has 0 saturated heterocycles. The highest BCUT2D eigenvalue weighted by molar-refractivity contribution is 7.13. The number of nitrogens with one attached hydrogen (secondary N) is 1. The lowest BCUT2D eigenvalue weighted by Crippen LogP contribution is -2.18. The van der Waals surface area contributed by atoms with Crippen LogP contribution in [0.2, 0.25) is 0 Å². The number of hydrogen-bond acceptors (Lipinski definition) is 5. The third kappa shape index (κ3) is 4.72. The Kier molecular flexibility index (Phi) is 6.24. The highest BCUT2D eigenvalue weighted by Gasteiger charge is 2.17. The zero-order valence-electron chi connectivity index (χ0n) is 11.0. The number of hydrogen-bond donors (Lipinski definition) is 2. The molecule has 1 heterocycles. The van der Waals surface area contributed by atoms with E-state index < -0.39 is 5.97 Å². The summed E-state index contributed by atoms with van der Waals surface area (Å²) in [6.07, 6.45) is 0.705. The molecular weight excluding hydrogens is 252 g/mol. The first-order valence-electron chi connectivity index (χ1n) is 5.96. The number of carboxylic acids is 1. The third-order valence-electron chi connectivity index (χ3n) is 2.30. The lowest BCUT2D eigenvalue weighted by Gasteiger charge is -2.02. The molecule has 18 heavy (non-hydrogen) atoms. The molecule has 0 aliphatic carbocycles. The Morgan fingerprint density at radius 1 is 1.56 bits per heavy atom. The van der Waals surface area contributed by atoms with Crippen LogP contribution in [0.5, 0.6) is 0 Å². The maximum Gasteiger partial charge on any atom is 0.347 e. The van der Waals surface area contributed by atoms with Crippen molar-refractivity contribution in [2.45, 2.75) is 26.8 Å². The summed E-state index contributed by atoms with van der Waals surface area (Å²) in [5.74, 6) is -0.481. The molecule has 0 fully saturated rings. The van der Waals surface area contributed by atoms with E-state index in [1.165, 1.54) is 11.3 Å². The molecule has 0 spiro atoms. The maximum atomic E-state index is 11.1. The number of aromatic nitrogens is 1. The van der Waals surface area contributed by atoms with Crippen molar-refractivity contribution in [3.63, 3.8) is 0 Å². The predicted molar refractivity (Wildman–Crippen MR) is 71.2 cm³/mol. The van der Waals surface area contributed by atoms with E-state index in [0.717, 1.165) is 11.6 Å². The van der Waals surface area contributed by atoms with E-state index in [1.807, 2.05) is 0 Å². The van der Waals surface area contributed by atoms with Crippen molar-refractivity contribution >= 4 is 17.3 Å². The number of carboxylic acid groups (broad SMARTS) is 1. The van der Waals surface area contributed by atoms with Crippen LogP contribution in [0.1, 0.15) is 34.2 Å². The molecule has 0 aliphatic rings. The van der Waals surface area contributed by atoms with Crippen LogP contribution in [0.15, 0.2) is 0 Å². The van der Waals surface area contributed by atoms with E-state index in [2.05, 4.69) is 24.1 Å². The standard InChI is InChI=1S/C12H20N2O3S/c1-8(2)6-9-11(12(15)16)18-10(14-9)7-13-4-5-17-3/h8,13H,4-7H2,1-3H3,(H,15,16). The zero-order valence-corrected chi connectivity index (χ0v) is 11.8. The highest BCUT2D eigenvalue weighted by atomic mass is 32.1. The van der Waals surface area contributed by atoms with Gasteiger partial charge in [-0.15, -0.1) is 11.3 Å². The summed E-state index contributed by atoms with van der Waals surface area (Å²) in [5, 5.41) is 13.1. The minimum Gasteiger partial charge on any atom is -0.477 e. The van der Waals surface area contributed by atoms with Gasteiger partial charge in [-0.2, -0.15) is 0 Å². The normalized spacial score (nSPS) is 11.1. The number of ether oxygens (including phenoxy) is 1. The lowest BCUT2D eigenvalue weighted by atomic mass is 10.1. The van der Waals surface area contributed by atoms with E-state index in [-0.39, 0.29) is 0 Å². The van der Waals surface area contributed by atoms with E-state index in [1.54, 1.807) is 7.11 Å². The molecule has 102 valence electrons. The Hall–Kier alpha value is -0.980. The van der Waals surface area contributed by atoms with Crippen molar-refractivity contribution in [1.29, 1.82) is 0 Å². The Morgan fingerprint density at radius 2 is 2.28 bits per heavy atom. The second-order valence-electron chi connectivity index (χ2n) is 4.46. The van der Waals surface area contributed by atoms with Gasteiger partial charge in [0.1, 0.15) is 9.88 Å². The minimum absolute atomic E-state index is 0.368. The van der Waals surface area contributed by atoms with Crippen molar-refractivity contribution in [3.8, 4) is 0 Å². The molecule has 0 bridgehead atoms. The first-order valence-corrected chi connectivity index (χ1v) is 6.77. The molecule has 1 aromatic rings. The van der Waals surface area contributed by atoms with Gasteiger partial charge in [0.05, 0.1) is 12.3 Å². The van der Waals surface area contributed by atoms with Gasteiger partial charge in [-0.3, -0.25) is 0 Å². The summed E-state index contributed by atoms with van der Waals surface area (Å²) < 4.78 is 4.93. The number of carbonyl (C=O) groups is 1. The molecule has 0 unspecified atom stereocenters. The first kappa shape index (κ1) is 15.1. The van der Waals surface area contributed by atoms with Gasteiger partial charge in [0.15, 0.2) is 0 Å². The molecule has 0 aliphatic heterocycles. The van der Waals surface area contributed by atoms with E-state index in [0.29, 0.717) is 36.1 Å². The number of nitrogens with zero attached hydrogens (tertiary/aromatic N) is 1. The lowest BCUT2D eigenvalue weighted by molar-refractivity contribution is 0.0700. The Balaban J connectivity index is 2.66. The maximum absolute atomic E-state index is 11.1. The van der Waals surface area contributed by atoms with Crippen molar-refractivity contribution < 1.29 is 14.6 Å². The van der Waals surface area contributed by atoms with Crippen LogP contribution in [0.25, 0.3) is 0 Å². The van der Waals surface area contributed by atoms with Crippen LogP contribution in [0.4, 0.5) is 0 Å². The van der Waals surface area contributed by atoms with Crippen LogP contribution < -0.4 is 5.32 Å². The smallest absolute Gasteiger partial charge is 0.347 e. The third-order valence-corrected chi connectivity index (χ3v) is 3.38. The molecule has 5 nitrogen and oxygen atoms in total. The summed E-state index contributed by atoms with van der Waals surface area (Å²) >= 11 is 1.25. The molecular formula is C12H20N2O3S. The van der Waals surface area contributed by atoms with Crippen LogP contribution in [0, 0.1) is 5.92 Å². The number of aromatic carboxylic acids is 1. The molecule has 1 rings (SSSR count). The summed E-state index contributed by atoms with van der Waals surface area (Å²) in [6, 6.07) is 0. The average Bonchev–Trinajstić information content (AvgIpc) is 2.67. The second kappa shape index (κ2) is 7.45. The van der Waals surface area contributed by atoms with Crippen molar-refractivity contribution in [2.24, 2.45) is 5.92 Å². The molecule has 0 amide bonds. The molecule has 6 heteroatoms. The van der Waals surface area contributed by atoms with Gasteiger partial charge in [-0.1, -0.05) is 13.8 Å². The first-order chi connectivity index (χ1) is 8.54. The highest BCUT2D eigenvalue weighted by Crippen LogP contribution is 2.21. The molecule has 0 aromatic carbocycles. The number of rotatable bonds is 8. The van der Waals surface area contributed by atoms with Crippen molar-refractivity contribution in [1.82, 2.24) is 10.3 Å². The van der Waals surface area contributed by atoms with E-state index in [4.69, 9.17) is 9.84 Å². The Bertz CT molecular complexity index is 391. The number of methoxy groups -OCH3 is 1. The zero-order chi connectivity index (χ0) is 13.5. The van der Waals surface area contributed by atoms with Gasteiger partial charge in [-0.25, -0.2) is 9.78 Å². The van der Waals surface area contributed by atoms with Gasteiger partial charge in [0.2, 0.25) is 0 Å². The minimum atomic E-state index is -0.883. The fourth-order valence-electron chi connectivity index (χ4n) is 1.54. The molecule has 0 atom stereocenters. The van der Waals surface area contributed by atoms with Crippen molar-refractivity contribution in [2.75, 3.05) is 20.3 Å². The number of thiazole rings is 1. The molecule has 2 N–H and O–H groups in total. The second-order valence-corrected chi connectivity index (χ2v) is 5.54. The summed E-state index contributed by atoms with van der Waals surface area (Å²) in [5.41, 5.74) is 0.700. The monoisotopic (exact) mass is 272 g/mol. The topological polar surface area (TPSA) is 71.5 Å². The van der Waals surface area contributed by atoms with Gasteiger partial charge in [-0.05, 0) is 12.3 Å². The van der Waals surface area contributed by atoms with Crippen LogP contribution >= 0.6 is 11.3 Å². The van der Waals surface area contributed by atoms with Crippen LogP contribution in [0.3, 0.4) is 0 Å². The fourth-order valence-corrected chi connectivity index (χ4v) is 2.44. The predicted octanol–water partition coefficient (Wildman–Crippen LogP) is 1.78. The van der Waals surface area contributed by atoms with Gasteiger partial charge >= 0.3 is 5.97 Å². The van der Waals surface area contributed by atoms with Crippen LogP contribution in [-0.4, -0.2) is 36.3 Å². The molecule has 0 radical (unpaired) electrons. The fraction of sp³-hybridized carbons (Fsp3) is 0.667. The SMILES string of the molecule is COCCNCc1nc(CC(C)C)c(C(=O)O)s1. The summed E-state index contributed by atoms with van der Waals surface area (Å²) in [7, 11) is 1.65. The largest absolute Gasteiger partial charge is 0.477 e. The summed E-state index contributed by atoms with van der Waals surface area (Å²) in [6.45, 7) is 6.07. The van der Waals surface area contributed by atoms with Gasteiger partial charge < -0.3 is 15.2 Å². The molecule has 0 saturated carbocycles. The summed E-state index contributed by atoms with van der Waals surface area (Å²) in [4.78, 5) is 15.9. The molecule has 1 aromatic heterocycles. The van der Waals surface area contributed by atoms with Gasteiger partial charge in [0, 0.05) is 20.2 Å². The quantitative estimate of drug-likeness (QED) is 0.706.